The van der Waals surface area contributed by atoms with Gasteiger partial charge in [-0.2, -0.15) is 0 Å². The number of likely N-dealkylation sites (tertiary alicyclic amines) is 1. The van der Waals surface area contributed by atoms with Crippen LogP contribution in [-0.2, 0) is 15.0 Å². The van der Waals surface area contributed by atoms with Crippen molar-refractivity contribution >= 4 is 17.5 Å². The molecule has 4 rings (SSSR count). The predicted octanol–water partition coefficient (Wildman–Crippen LogP) is 1.96. The van der Waals surface area contributed by atoms with Crippen LogP contribution in [0.4, 0.5) is 5.69 Å². The van der Waals surface area contributed by atoms with Crippen LogP contribution in [0.1, 0.15) is 25.0 Å². The number of rotatable bonds is 5. The molecule has 0 spiro atoms. The maximum atomic E-state index is 12.9. The Bertz CT molecular complexity index is 936. The van der Waals surface area contributed by atoms with Crippen LogP contribution in [0.25, 0.3) is 0 Å². The largest absolute Gasteiger partial charge is 0.490 e. The van der Waals surface area contributed by atoms with Crippen molar-refractivity contribution in [2.45, 2.75) is 24.7 Å². The van der Waals surface area contributed by atoms with Crippen molar-refractivity contribution in [1.29, 1.82) is 0 Å². The highest BCUT2D eigenvalue weighted by molar-refractivity contribution is 5.93. The molecule has 2 amide bonds. The summed E-state index contributed by atoms with van der Waals surface area (Å²) >= 11 is 0. The zero-order chi connectivity index (χ0) is 21.7. The summed E-state index contributed by atoms with van der Waals surface area (Å²) in [4.78, 5) is 32.1. The Labute approximate surface area is 181 Å². The maximum absolute atomic E-state index is 12.9. The minimum absolute atomic E-state index is 0.0702. The first-order chi connectivity index (χ1) is 15.1. The third-order valence-corrected chi connectivity index (χ3v) is 5.79. The highest BCUT2D eigenvalue weighted by Crippen LogP contribution is 2.34. The Morgan fingerprint density at radius 3 is 2.74 bits per heavy atom. The number of anilines is 1. The molecule has 1 saturated heterocycles. The van der Waals surface area contributed by atoms with Gasteiger partial charge in [0, 0.05) is 38.0 Å². The molecule has 1 aromatic heterocycles. The molecule has 8 nitrogen and oxygen atoms in total. The van der Waals surface area contributed by atoms with E-state index in [0.29, 0.717) is 43.4 Å². The minimum Gasteiger partial charge on any atom is -0.490 e. The molecule has 0 saturated carbocycles. The van der Waals surface area contributed by atoms with Crippen molar-refractivity contribution in [3.63, 3.8) is 0 Å². The number of amides is 2. The van der Waals surface area contributed by atoms with E-state index >= 15 is 0 Å². The van der Waals surface area contributed by atoms with Crippen molar-refractivity contribution in [3.8, 4) is 11.5 Å². The van der Waals surface area contributed by atoms with Crippen molar-refractivity contribution in [2.24, 2.45) is 0 Å². The van der Waals surface area contributed by atoms with Gasteiger partial charge in [-0.3, -0.25) is 19.5 Å². The third kappa shape index (κ3) is 4.64. The molecule has 0 aliphatic carbocycles. The number of hydrogen-bond acceptors (Lipinski definition) is 6. The van der Waals surface area contributed by atoms with Crippen molar-refractivity contribution in [3.05, 3.63) is 48.3 Å². The highest BCUT2D eigenvalue weighted by atomic mass is 16.5. The van der Waals surface area contributed by atoms with Gasteiger partial charge in [-0.1, -0.05) is 6.07 Å². The second-order valence-electron chi connectivity index (χ2n) is 7.95. The Morgan fingerprint density at radius 2 is 1.97 bits per heavy atom. The Hall–Kier alpha value is -3.13. The summed E-state index contributed by atoms with van der Waals surface area (Å²) in [5.41, 5.74) is 0.639. The number of fused-ring (bicyclic) bond motifs is 1. The average Bonchev–Trinajstić information content (AvgIpc) is 3.04. The Morgan fingerprint density at radius 1 is 1.13 bits per heavy atom. The minimum atomic E-state index is -0.760. The lowest BCUT2D eigenvalue weighted by molar-refractivity contribution is -0.130. The number of pyridine rings is 1. The summed E-state index contributed by atoms with van der Waals surface area (Å²) in [5.74, 6) is 1.13. The monoisotopic (exact) mass is 424 g/mol. The predicted molar refractivity (Wildman–Crippen MR) is 116 cm³/mol. The normalized spacial score (nSPS) is 21.1. The number of carbonyl (C=O) groups is 2. The van der Waals surface area contributed by atoms with E-state index in [2.05, 4.69) is 15.6 Å². The first kappa shape index (κ1) is 21.1. The van der Waals surface area contributed by atoms with Crippen LogP contribution >= 0.6 is 0 Å². The van der Waals surface area contributed by atoms with Gasteiger partial charge in [-0.15, -0.1) is 0 Å². The van der Waals surface area contributed by atoms with Gasteiger partial charge in [-0.25, -0.2) is 0 Å². The standard InChI is InChI=1S/C23H28N4O4/c1-24-22(29)23(20-6-2-3-10-25-20)9-4-11-27(16-23)15-21(28)26-17-7-8-18-19(14-17)31-13-5-12-30-18/h2-3,6-8,10,14H,4-5,9,11-13,15-16H2,1H3,(H,24,29)(H,26,28)/t23-/m0/s1. The lowest BCUT2D eigenvalue weighted by Gasteiger charge is -2.40. The van der Waals surface area contributed by atoms with Gasteiger partial charge >= 0.3 is 0 Å². The lowest BCUT2D eigenvalue weighted by atomic mass is 9.75. The molecule has 2 aliphatic rings. The molecule has 2 aliphatic heterocycles. The molecule has 2 aromatic rings. The summed E-state index contributed by atoms with van der Waals surface area (Å²) in [6, 6.07) is 11.0. The molecule has 3 heterocycles. The molecule has 1 fully saturated rings. The van der Waals surface area contributed by atoms with E-state index in [-0.39, 0.29) is 18.4 Å². The number of benzene rings is 1. The fraction of sp³-hybridized carbons (Fsp3) is 0.435. The molecule has 8 heteroatoms. The van der Waals surface area contributed by atoms with Crippen LogP contribution in [-0.4, -0.2) is 61.6 Å². The van der Waals surface area contributed by atoms with E-state index in [1.165, 1.54) is 0 Å². The van der Waals surface area contributed by atoms with Gasteiger partial charge < -0.3 is 20.1 Å². The molecule has 1 aromatic carbocycles. The van der Waals surface area contributed by atoms with Gasteiger partial charge in [0.25, 0.3) is 0 Å². The van der Waals surface area contributed by atoms with E-state index in [0.717, 1.165) is 25.1 Å². The summed E-state index contributed by atoms with van der Waals surface area (Å²) in [6.07, 6.45) is 4.04. The molecule has 1 atom stereocenters. The number of carbonyl (C=O) groups excluding carboxylic acids is 2. The van der Waals surface area contributed by atoms with Crippen LogP contribution in [0.2, 0.25) is 0 Å². The van der Waals surface area contributed by atoms with E-state index in [4.69, 9.17) is 9.47 Å². The Balaban J connectivity index is 1.45. The molecule has 0 radical (unpaired) electrons. The van der Waals surface area contributed by atoms with Crippen LogP contribution in [0.3, 0.4) is 0 Å². The van der Waals surface area contributed by atoms with Gasteiger partial charge in [0.1, 0.15) is 5.41 Å². The topological polar surface area (TPSA) is 92.8 Å². The number of piperidine rings is 1. The van der Waals surface area contributed by atoms with Crippen molar-refractivity contribution in [2.75, 3.05) is 45.2 Å². The Kier molecular flexibility index (Phi) is 6.36. The molecular formula is C23H28N4O4. The highest BCUT2D eigenvalue weighted by Gasteiger charge is 2.44. The maximum Gasteiger partial charge on any atom is 0.238 e. The molecule has 164 valence electrons. The van der Waals surface area contributed by atoms with Crippen molar-refractivity contribution in [1.82, 2.24) is 15.2 Å². The molecular weight excluding hydrogens is 396 g/mol. The van der Waals surface area contributed by atoms with Crippen LogP contribution < -0.4 is 20.1 Å². The summed E-state index contributed by atoms with van der Waals surface area (Å²) in [6.45, 7) is 2.60. The number of ether oxygens (including phenoxy) is 2. The van der Waals surface area contributed by atoms with Crippen LogP contribution in [0, 0.1) is 0 Å². The van der Waals surface area contributed by atoms with Crippen molar-refractivity contribution < 1.29 is 19.1 Å². The quantitative estimate of drug-likeness (QED) is 0.762. The lowest BCUT2D eigenvalue weighted by Crippen LogP contribution is -2.55. The van der Waals surface area contributed by atoms with Crippen LogP contribution in [0.15, 0.2) is 42.6 Å². The van der Waals surface area contributed by atoms with E-state index < -0.39 is 5.41 Å². The molecule has 0 unspecified atom stereocenters. The fourth-order valence-electron chi connectivity index (χ4n) is 4.32. The fourth-order valence-corrected chi connectivity index (χ4v) is 4.32. The summed E-state index contributed by atoms with van der Waals surface area (Å²) < 4.78 is 11.3. The first-order valence-corrected chi connectivity index (χ1v) is 10.7. The molecule has 2 N–H and O–H groups in total. The number of likely N-dealkylation sites (N-methyl/N-ethyl adjacent to an activating group) is 1. The summed E-state index contributed by atoms with van der Waals surface area (Å²) in [7, 11) is 1.64. The van der Waals surface area contributed by atoms with Crippen LogP contribution in [0.5, 0.6) is 11.5 Å². The first-order valence-electron chi connectivity index (χ1n) is 10.7. The second kappa shape index (κ2) is 9.34. The van der Waals surface area contributed by atoms with E-state index in [9.17, 15) is 9.59 Å². The second-order valence-corrected chi connectivity index (χ2v) is 7.95. The van der Waals surface area contributed by atoms with Gasteiger partial charge in [-0.05, 0) is 43.7 Å². The molecule has 31 heavy (non-hydrogen) atoms. The van der Waals surface area contributed by atoms with E-state index in [1.807, 2.05) is 35.2 Å². The molecule has 0 bridgehead atoms. The number of aromatic nitrogens is 1. The van der Waals surface area contributed by atoms with Gasteiger partial charge in [0.05, 0.1) is 25.5 Å². The average molecular weight is 425 g/mol. The zero-order valence-electron chi connectivity index (χ0n) is 17.7. The SMILES string of the molecule is CNC(=O)[C@@]1(c2ccccn2)CCCN(CC(=O)Nc2ccc3c(c2)OCCCO3)C1. The third-order valence-electron chi connectivity index (χ3n) is 5.79. The number of hydrogen-bond donors (Lipinski definition) is 2. The van der Waals surface area contributed by atoms with Gasteiger partial charge in [0.15, 0.2) is 11.5 Å². The van der Waals surface area contributed by atoms with E-state index in [1.54, 1.807) is 19.3 Å². The smallest absolute Gasteiger partial charge is 0.238 e. The summed E-state index contributed by atoms with van der Waals surface area (Å²) in [5, 5.41) is 5.73. The van der Waals surface area contributed by atoms with Gasteiger partial charge in [0.2, 0.25) is 11.8 Å². The number of nitrogens with zero attached hydrogens (tertiary/aromatic N) is 2. The zero-order valence-corrected chi connectivity index (χ0v) is 17.7. The number of nitrogens with one attached hydrogen (secondary N) is 2.